The smallest absolute Gasteiger partial charge is 0.259 e. The minimum Gasteiger partial charge on any atom is -0.491 e. The Balaban J connectivity index is 1.69. The Morgan fingerprint density at radius 3 is 2.93 bits per heavy atom. The van der Waals surface area contributed by atoms with Crippen molar-refractivity contribution in [1.82, 2.24) is 10.3 Å². The Labute approximate surface area is 161 Å². The molecule has 0 radical (unpaired) electrons. The lowest BCUT2D eigenvalue weighted by atomic mass is 10.00. The highest BCUT2D eigenvalue weighted by molar-refractivity contribution is 6.07. The van der Waals surface area contributed by atoms with Gasteiger partial charge in [-0.1, -0.05) is 26.0 Å². The predicted octanol–water partition coefficient (Wildman–Crippen LogP) is 3.83. The van der Waals surface area contributed by atoms with E-state index in [0.717, 1.165) is 43.7 Å². The van der Waals surface area contributed by atoms with Crippen LogP contribution in [-0.4, -0.2) is 36.6 Å². The van der Waals surface area contributed by atoms with Gasteiger partial charge in [0.2, 0.25) is 0 Å². The number of hydrogen-bond donors (Lipinski definition) is 1. The summed E-state index contributed by atoms with van der Waals surface area (Å²) in [6.07, 6.45) is 7.31. The van der Waals surface area contributed by atoms with Crippen LogP contribution in [0, 0.1) is 0 Å². The Morgan fingerprint density at radius 1 is 1.26 bits per heavy atom. The topological polar surface area (TPSA) is 54.5 Å². The number of aromatic nitrogens is 1. The van der Waals surface area contributed by atoms with Gasteiger partial charge in [0.05, 0.1) is 17.9 Å². The third-order valence-electron chi connectivity index (χ3n) is 4.72. The summed E-state index contributed by atoms with van der Waals surface area (Å²) in [6.45, 7) is 6.67. The molecule has 0 spiro atoms. The molecule has 0 atom stereocenters. The number of anilines is 1. The van der Waals surface area contributed by atoms with E-state index in [1.165, 1.54) is 5.56 Å². The molecule has 0 fully saturated rings. The van der Waals surface area contributed by atoms with Crippen LogP contribution in [0.4, 0.5) is 5.69 Å². The van der Waals surface area contributed by atoms with Crippen molar-refractivity contribution in [2.75, 3.05) is 24.6 Å². The molecule has 1 amide bonds. The Hall–Kier alpha value is -2.40. The zero-order chi connectivity index (χ0) is 19.1. The lowest BCUT2D eigenvalue weighted by molar-refractivity contribution is 0.0983. The van der Waals surface area contributed by atoms with Crippen molar-refractivity contribution in [2.45, 2.75) is 45.6 Å². The molecule has 0 aliphatic carbocycles. The van der Waals surface area contributed by atoms with Crippen LogP contribution in [0.25, 0.3) is 0 Å². The molecular formula is C22H29N3O2. The molecule has 2 heterocycles. The highest BCUT2D eigenvalue weighted by Crippen LogP contribution is 2.37. The Bertz CT molecular complexity index is 746. The molecule has 0 unspecified atom stereocenters. The van der Waals surface area contributed by atoms with Gasteiger partial charge in [-0.3, -0.25) is 9.78 Å². The number of ether oxygens (including phenoxy) is 1. The van der Waals surface area contributed by atoms with Gasteiger partial charge in [-0.05, 0) is 56.0 Å². The van der Waals surface area contributed by atoms with Gasteiger partial charge >= 0.3 is 0 Å². The van der Waals surface area contributed by atoms with Crippen molar-refractivity contribution in [2.24, 2.45) is 0 Å². The number of amides is 1. The molecule has 1 aromatic heterocycles. The van der Waals surface area contributed by atoms with Gasteiger partial charge in [0.15, 0.2) is 0 Å². The van der Waals surface area contributed by atoms with Gasteiger partial charge in [0.25, 0.3) is 5.91 Å². The van der Waals surface area contributed by atoms with Crippen LogP contribution in [0.1, 0.15) is 49.0 Å². The van der Waals surface area contributed by atoms with Gasteiger partial charge in [0, 0.05) is 25.0 Å². The van der Waals surface area contributed by atoms with E-state index in [4.69, 9.17) is 4.74 Å². The van der Waals surface area contributed by atoms with E-state index in [2.05, 4.69) is 30.2 Å². The fourth-order valence-electron chi connectivity index (χ4n) is 3.38. The molecule has 5 nitrogen and oxygen atoms in total. The summed E-state index contributed by atoms with van der Waals surface area (Å²) < 4.78 is 6.09. The number of nitrogens with one attached hydrogen (secondary N) is 1. The predicted molar refractivity (Wildman–Crippen MR) is 109 cm³/mol. The minimum atomic E-state index is -0.0127. The lowest BCUT2D eigenvalue weighted by Gasteiger charge is -2.31. The first kappa shape index (κ1) is 19.4. The molecule has 144 valence electrons. The maximum absolute atomic E-state index is 13.0. The third kappa shape index (κ3) is 5.07. The van der Waals surface area contributed by atoms with E-state index in [1.807, 2.05) is 23.1 Å². The first-order valence-corrected chi connectivity index (χ1v) is 9.87. The average Bonchev–Trinajstić information content (AvgIpc) is 2.70. The summed E-state index contributed by atoms with van der Waals surface area (Å²) in [7, 11) is 0. The SMILES string of the molecule is CC(C)NCCCCOc1cccc2c1N(C(=O)c1cccnc1)CCC2. The number of aryl methyl sites for hydroxylation is 1. The van der Waals surface area contributed by atoms with Crippen LogP contribution in [0.15, 0.2) is 42.7 Å². The van der Waals surface area contributed by atoms with E-state index < -0.39 is 0 Å². The van der Waals surface area contributed by atoms with Crippen LogP contribution in [0.2, 0.25) is 0 Å². The first-order chi connectivity index (χ1) is 13.2. The molecule has 0 saturated heterocycles. The van der Waals surface area contributed by atoms with E-state index >= 15 is 0 Å². The largest absolute Gasteiger partial charge is 0.491 e. The summed E-state index contributed by atoms with van der Waals surface area (Å²) in [6, 6.07) is 10.2. The number of pyridine rings is 1. The fraction of sp³-hybridized carbons (Fsp3) is 0.455. The molecule has 3 rings (SSSR count). The number of unbranched alkanes of at least 4 members (excludes halogenated alkanes) is 1. The molecule has 1 aliphatic rings. The standard InChI is InChI=1S/C22H29N3O2/c1-17(2)24-13-3-4-15-27-20-11-5-8-18-10-7-14-25(21(18)20)22(26)19-9-6-12-23-16-19/h5-6,8-9,11-12,16-17,24H,3-4,7,10,13-15H2,1-2H3. The van der Waals surface area contributed by atoms with Crippen molar-refractivity contribution in [1.29, 1.82) is 0 Å². The number of hydrogen-bond acceptors (Lipinski definition) is 4. The van der Waals surface area contributed by atoms with Crippen LogP contribution in [0.5, 0.6) is 5.75 Å². The van der Waals surface area contributed by atoms with Crippen LogP contribution in [0.3, 0.4) is 0 Å². The molecule has 5 heteroatoms. The number of fused-ring (bicyclic) bond motifs is 1. The molecule has 27 heavy (non-hydrogen) atoms. The van der Waals surface area contributed by atoms with Crippen LogP contribution < -0.4 is 15.0 Å². The lowest BCUT2D eigenvalue weighted by Crippen LogP contribution is -2.36. The summed E-state index contributed by atoms with van der Waals surface area (Å²) in [5.41, 5.74) is 2.72. The van der Waals surface area contributed by atoms with Gasteiger partial charge in [-0.2, -0.15) is 0 Å². The number of carbonyl (C=O) groups excluding carboxylic acids is 1. The van der Waals surface area contributed by atoms with E-state index in [0.29, 0.717) is 24.8 Å². The van der Waals surface area contributed by atoms with Crippen molar-refractivity contribution in [3.05, 3.63) is 53.9 Å². The summed E-state index contributed by atoms with van der Waals surface area (Å²) in [5, 5.41) is 3.42. The van der Waals surface area contributed by atoms with E-state index in [-0.39, 0.29) is 5.91 Å². The van der Waals surface area contributed by atoms with E-state index in [9.17, 15) is 4.79 Å². The molecule has 1 aromatic carbocycles. The second-order valence-electron chi connectivity index (χ2n) is 7.23. The number of carbonyl (C=O) groups is 1. The fourth-order valence-corrected chi connectivity index (χ4v) is 3.38. The van der Waals surface area contributed by atoms with Crippen molar-refractivity contribution in [3.63, 3.8) is 0 Å². The van der Waals surface area contributed by atoms with Crippen LogP contribution in [-0.2, 0) is 6.42 Å². The maximum atomic E-state index is 13.0. The number of benzene rings is 1. The molecular weight excluding hydrogens is 338 g/mol. The molecule has 1 aliphatic heterocycles. The maximum Gasteiger partial charge on any atom is 0.259 e. The van der Waals surface area contributed by atoms with Gasteiger partial charge in [-0.15, -0.1) is 0 Å². The normalized spacial score (nSPS) is 13.5. The highest BCUT2D eigenvalue weighted by Gasteiger charge is 2.27. The minimum absolute atomic E-state index is 0.0127. The highest BCUT2D eigenvalue weighted by atomic mass is 16.5. The van der Waals surface area contributed by atoms with Crippen molar-refractivity contribution < 1.29 is 9.53 Å². The molecule has 1 N–H and O–H groups in total. The third-order valence-corrected chi connectivity index (χ3v) is 4.72. The van der Waals surface area contributed by atoms with Crippen molar-refractivity contribution in [3.8, 4) is 5.75 Å². The number of nitrogens with zero attached hydrogens (tertiary/aromatic N) is 2. The van der Waals surface area contributed by atoms with Crippen molar-refractivity contribution >= 4 is 11.6 Å². The first-order valence-electron chi connectivity index (χ1n) is 9.87. The molecule has 0 bridgehead atoms. The summed E-state index contributed by atoms with van der Waals surface area (Å²) in [5.74, 6) is 0.794. The second kappa shape index (κ2) is 9.51. The summed E-state index contributed by atoms with van der Waals surface area (Å²) >= 11 is 0. The Kier molecular flexibility index (Phi) is 6.82. The second-order valence-corrected chi connectivity index (χ2v) is 7.23. The monoisotopic (exact) mass is 367 g/mol. The zero-order valence-electron chi connectivity index (χ0n) is 16.3. The number of para-hydroxylation sites is 1. The Morgan fingerprint density at radius 2 is 2.15 bits per heavy atom. The van der Waals surface area contributed by atoms with Crippen LogP contribution >= 0.6 is 0 Å². The van der Waals surface area contributed by atoms with Gasteiger partial charge in [0.1, 0.15) is 5.75 Å². The van der Waals surface area contributed by atoms with E-state index in [1.54, 1.807) is 18.5 Å². The molecule has 2 aromatic rings. The summed E-state index contributed by atoms with van der Waals surface area (Å²) in [4.78, 5) is 19.0. The molecule has 0 saturated carbocycles. The average molecular weight is 367 g/mol. The van der Waals surface area contributed by atoms with Gasteiger partial charge in [-0.25, -0.2) is 0 Å². The van der Waals surface area contributed by atoms with Gasteiger partial charge < -0.3 is 15.0 Å². The number of rotatable bonds is 8. The zero-order valence-corrected chi connectivity index (χ0v) is 16.3. The quantitative estimate of drug-likeness (QED) is 0.721.